The molecule has 1 aliphatic rings. The van der Waals surface area contributed by atoms with E-state index in [2.05, 4.69) is 19.9 Å². The minimum absolute atomic E-state index is 0.249. The van der Waals surface area contributed by atoms with Crippen LogP contribution in [0.2, 0.25) is 0 Å². The molecule has 2 heterocycles. The summed E-state index contributed by atoms with van der Waals surface area (Å²) in [6, 6.07) is 17.8. The molecule has 0 spiro atoms. The molecule has 1 aromatic heterocycles. The molecular formula is C31H37N5O6S. The van der Waals surface area contributed by atoms with Crippen LogP contribution in [0.5, 0.6) is 5.75 Å². The van der Waals surface area contributed by atoms with Crippen molar-refractivity contribution in [2.45, 2.75) is 26.4 Å². The number of piperazine rings is 1. The van der Waals surface area contributed by atoms with Gasteiger partial charge in [-0.2, -0.15) is 17.4 Å². The zero-order chi connectivity index (χ0) is 31.0. The Labute approximate surface area is 252 Å². The van der Waals surface area contributed by atoms with Crippen molar-refractivity contribution >= 4 is 39.9 Å². The Hall–Kier alpha value is -4.26. The highest BCUT2D eigenvalue weighted by Gasteiger charge is 2.32. The number of carboxylic acid groups (broad SMARTS) is 1. The number of hydrogen-bond acceptors (Lipinski definition) is 7. The second-order valence-corrected chi connectivity index (χ2v) is 12.2. The molecule has 0 radical (unpaired) electrons. The van der Waals surface area contributed by atoms with Gasteiger partial charge in [-0.25, -0.2) is 0 Å². The lowest BCUT2D eigenvalue weighted by Gasteiger charge is -2.36. The van der Waals surface area contributed by atoms with Crippen molar-refractivity contribution in [2.75, 3.05) is 38.2 Å². The molecule has 1 aliphatic heterocycles. The number of aliphatic carboxylic acids is 1. The number of rotatable bonds is 12. The number of nitrogens with zero attached hydrogens (tertiary/aromatic N) is 3. The molecule has 1 saturated heterocycles. The van der Waals surface area contributed by atoms with Crippen molar-refractivity contribution in [2.24, 2.45) is 5.92 Å². The zero-order valence-electron chi connectivity index (χ0n) is 24.4. The largest absolute Gasteiger partial charge is 0.497 e. The standard InChI is InChI=1S/C31H37N5O6S/c1-22(2)29(31(38)39)34-43(40,41)36-18-16-35(17-19-36)26-10-6-23(7-11-26)4-5-24-14-15-32-28(20-24)30(37)33-21-25-8-12-27(42-3)13-9-25/h4-15,20,22,29,34H,16-19,21H2,1-3H3,(H,33,37)(H,38,39). The molecular weight excluding hydrogens is 570 g/mol. The van der Waals surface area contributed by atoms with E-state index in [0.29, 0.717) is 25.3 Å². The summed E-state index contributed by atoms with van der Waals surface area (Å²) >= 11 is 0. The van der Waals surface area contributed by atoms with Crippen LogP contribution in [0.25, 0.3) is 12.2 Å². The van der Waals surface area contributed by atoms with E-state index in [1.54, 1.807) is 33.2 Å². The van der Waals surface area contributed by atoms with Crippen LogP contribution in [0.1, 0.15) is 41.0 Å². The number of nitrogens with one attached hydrogen (secondary N) is 2. The van der Waals surface area contributed by atoms with Gasteiger partial charge in [-0.1, -0.05) is 50.3 Å². The number of amides is 1. The quantitative estimate of drug-likeness (QED) is 0.285. The van der Waals surface area contributed by atoms with Gasteiger partial charge in [-0.3, -0.25) is 14.6 Å². The Morgan fingerprint density at radius 2 is 1.63 bits per heavy atom. The first kappa shape index (κ1) is 31.7. The molecule has 43 heavy (non-hydrogen) atoms. The van der Waals surface area contributed by atoms with E-state index in [1.165, 1.54) is 4.31 Å². The summed E-state index contributed by atoms with van der Waals surface area (Å²) in [6.45, 7) is 5.17. The predicted octanol–water partition coefficient (Wildman–Crippen LogP) is 3.26. The first-order chi connectivity index (χ1) is 20.6. The average molecular weight is 608 g/mol. The number of carbonyl (C=O) groups is 2. The second kappa shape index (κ2) is 14.3. The summed E-state index contributed by atoms with van der Waals surface area (Å²) in [6.07, 6.45) is 5.46. The number of aromatic nitrogens is 1. The normalized spacial score (nSPS) is 15.0. The fourth-order valence-electron chi connectivity index (χ4n) is 4.57. The van der Waals surface area contributed by atoms with Crippen molar-refractivity contribution in [1.29, 1.82) is 0 Å². The van der Waals surface area contributed by atoms with Crippen molar-refractivity contribution in [3.8, 4) is 5.75 Å². The Morgan fingerprint density at radius 3 is 2.23 bits per heavy atom. The van der Waals surface area contributed by atoms with E-state index in [-0.39, 0.29) is 24.9 Å². The summed E-state index contributed by atoms with van der Waals surface area (Å²) in [5.74, 6) is -1.08. The van der Waals surface area contributed by atoms with Crippen molar-refractivity contribution in [1.82, 2.24) is 19.3 Å². The molecule has 1 amide bonds. The highest BCUT2D eigenvalue weighted by molar-refractivity contribution is 7.87. The number of methoxy groups -OCH3 is 1. The maximum Gasteiger partial charge on any atom is 0.322 e. The number of carboxylic acids is 1. The lowest BCUT2D eigenvalue weighted by Crippen LogP contribution is -2.55. The predicted molar refractivity (Wildman–Crippen MR) is 166 cm³/mol. The Kier molecular flexibility index (Phi) is 10.5. The van der Waals surface area contributed by atoms with Gasteiger partial charge in [0, 0.05) is 44.6 Å². The molecule has 228 valence electrons. The van der Waals surface area contributed by atoms with Crippen LogP contribution in [0, 0.1) is 5.92 Å². The van der Waals surface area contributed by atoms with Gasteiger partial charge in [0.15, 0.2) is 0 Å². The van der Waals surface area contributed by atoms with E-state index < -0.39 is 22.2 Å². The summed E-state index contributed by atoms with van der Waals surface area (Å²) in [5.41, 5.74) is 4.04. The maximum atomic E-state index is 12.7. The van der Waals surface area contributed by atoms with Crippen molar-refractivity contribution in [3.05, 3.63) is 89.2 Å². The monoisotopic (exact) mass is 607 g/mol. The van der Waals surface area contributed by atoms with E-state index in [1.807, 2.05) is 66.7 Å². The molecule has 3 aromatic rings. The Bertz CT molecular complexity index is 1530. The third kappa shape index (κ3) is 8.63. The first-order valence-corrected chi connectivity index (χ1v) is 15.4. The molecule has 0 bridgehead atoms. The number of ether oxygens (including phenoxy) is 1. The zero-order valence-corrected chi connectivity index (χ0v) is 25.3. The number of carbonyl (C=O) groups excluding carboxylic acids is 1. The SMILES string of the molecule is COc1ccc(CNC(=O)c2cc(C=Cc3ccc(N4CCN(S(=O)(=O)NC(C(=O)O)C(C)C)CC4)cc3)ccn2)cc1. The topological polar surface area (TPSA) is 141 Å². The second-order valence-electron chi connectivity index (χ2n) is 10.5. The third-order valence-corrected chi connectivity index (χ3v) is 8.74. The van der Waals surface area contributed by atoms with E-state index in [9.17, 15) is 23.1 Å². The molecule has 12 heteroatoms. The smallest absolute Gasteiger partial charge is 0.322 e. The van der Waals surface area contributed by atoms with Gasteiger partial charge in [0.1, 0.15) is 17.5 Å². The van der Waals surface area contributed by atoms with Crippen LogP contribution in [0.15, 0.2) is 66.9 Å². The molecule has 0 saturated carbocycles. The summed E-state index contributed by atoms with van der Waals surface area (Å²) in [4.78, 5) is 30.4. The summed E-state index contributed by atoms with van der Waals surface area (Å²) < 4.78 is 34.3. The summed E-state index contributed by atoms with van der Waals surface area (Å²) in [7, 11) is -2.31. The minimum atomic E-state index is -3.91. The average Bonchev–Trinajstić information content (AvgIpc) is 3.02. The van der Waals surface area contributed by atoms with E-state index in [4.69, 9.17) is 4.74 Å². The van der Waals surface area contributed by atoms with Crippen molar-refractivity contribution < 1.29 is 27.9 Å². The van der Waals surface area contributed by atoms with Gasteiger partial charge in [0.25, 0.3) is 16.1 Å². The first-order valence-electron chi connectivity index (χ1n) is 14.0. The van der Waals surface area contributed by atoms with Gasteiger partial charge in [0.05, 0.1) is 7.11 Å². The molecule has 0 aliphatic carbocycles. The van der Waals surface area contributed by atoms with Crippen LogP contribution in [-0.4, -0.2) is 74.0 Å². The van der Waals surface area contributed by atoms with Gasteiger partial charge in [0.2, 0.25) is 0 Å². The Morgan fingerprint density at radius 1 is 0.977 bits per heavy atom. The fraction of sp³-hybridized carbons (Fsp3) is 0.323. The minimum Gasteiger partial charge on any atom is -0.497 e. The number of benzene rings is 2. The van der Waals surface area contributed by atoms with Gasteiger partial charge < -0.3 is 20.1 Å². The number of pyridine rings is 1. The Balaban J connectivity index is 1.30. The van der Waals surface area contributed by atoms with Crippen LogP contribution >= 0.6 is 0 Å². The fourth-order valence-corrected chi connectivity index (χ4v) is 6.06. The van der Waals surface area contributed by atoms with E-state index >= 15 is 0 Å². The molecule has 4 rings (SSSR count). The molecule has 1 fully saturated rings. The van der Waals surface area contributed by atoms with E-state index in [0.717, 1.165) is 28.1 Å². The van der Waals surface area contributed by atoms with Gasteiger partial charge in [-0.05, 0) is 59.0 Å². The van der Waals surface area contributed by atoms with Crippen LogP contribution in [0.3, 0.4) is 0 Å². The molecule has 3 N–H and O–H groups in total. The number of hydrogen-bond donors (Lipinski definition) is 3. The lowest BCUT2D eigenvalue weighted by molar-refractivity contribution is -0.140. The summed E-state index contributed by atoms with van der Waals surface area (Å²) in [5, 5.41) is 12.2. The third-order valence-electron chi connectivity index (χ3n) is 7.14. The molecule has 1 atom stereocenters. The van der Waals surface area contributed by atoms with Crippen LogP contribution < -0.4 is 19.7 Å². The molecule has 1 unspecified atom stereocenters. The lowest BCUT2D eigenvalue weighted by atomic mass is 10.1. The molecule has 11 nitrogen and oxygen atoms in total. The van der Waals surface area contributed by atoms with Gasteiger partial charge >= 0.3 is 5.97 Å². The maximum absolute atomic E-state index is 12.7. The van der Waals surface area contributed by atoms with Crippen molar-refractivity contribution in [3.63, 3.8) is 0 Å². The van der Waals surface area contributed by atoms with Crippen LogP contribution in [-0.2, 0) is 21.5 Å². The highest BCUT2D eigenvalue weighted by atomic mass is 32.2. The highest BCUT2D eigenvalue weighted by Crippen LogP contribution is 2.20. The number of anilines is 1. The molecule has 2 aromatic carbocycles. The van der Waals surface area contributed by atoms with Gasteiger partial charge in [-0.15, -0.1) is 0 Å². The van der Waals surface area contributed by atoms with Crippen LogP contribution in [0.4, 0.5) is 5.69 Å².